The van der Waals surface area contributed by atoms with Crippen LogP contribution in [0.3, 0.4) is 0 Å². The van der Waals surface area contributed by atoms with Gasteiger partial charge in [0.25, 0.3) is 0 Å². The van der Waals surface area contributed by atoms with Gasteiger partial charge in [0.05, 0.1) is 22.4 Å². The van der Waals surface area contributed by atoms with Crippen molar-refractivity contribution in [1.82, 2.24) is 0 Å². The summed E-state index contributed by atoms with van der Waals surface area (Å²) in [4.78, 5) is 13.5. The van der Waals surface area contributed by atoms with E-state index in [0.717, 1.165) is 4.47 Å². The summed E-state index contributed by atoms with van der Waals surface area (Å²) < 4.78 is 21.6. The third-order valence-corrected chi connectivity index (χ3v) is 6.80. The second kappa shape index (κ2) is 9.37. The molecule has 1 unspecified atom stereocenters. The second-order valence-corrected chi connectivity index (χ2v) is 10.8. The van der Waals surface area contributed by atoms with Gasteiger partial charge < -0.3 is 4.74 Å². The van der Waals surface area contributed by atoms with Crippen molar-refractivity contribution in [2.75, 3.05) is 7.11 Å². The van der Waals surface area contributed by atoms with Crippen molar-refractivity contribution in [2.45, 2.75) is 35.3 Å². The van der Waals surface area contributed by atoms with E-state index in [1.807, 2.05) is 39.0 Å². The van der Waals surface area contributed by atoms with E-state index in [0.29, 0.717) is 25.9 Å². The number of hydrogen-bond acceptors (Lipinski definition) is 4. The number of ether oxygens (including phenoxy) is 1. The maximum Gasteiger partial charge on any atom is 0.339 e. The summed E-state index contributed by atoms with van der Waals surface area (Å²) in [6, 6.07) is 10.7. The van der Waals surface area contributed by atoms with Gasteiger partial charge in [-0.25, -0.2) is 9.00 Å². The first-order chi connectivity index (χ1) is 12.6. The number of benzene rings is 2. The van der Waals surface area contributed by atoms with Gasteiger partial charge in [-0.2, -0.15) is 4.40 Å². The molecule has 0 aromatic heterocycles. The molecular weight excluding hydrogens is 470 g/mol. The van der Waals surface area contributed by atoms with E-state index in [4.69, 9.17) is 16.3 Å². The SMILES string of the molecule is COC(=O)c1ccccc1Sc1c(Cl)cc(Br)cc1C=NS(=O)C(C)(C)C. The number of nitrogens with zero attached hydrogens (tertiary/aromatic N) is 1. The van der Waals surface area contributed by atoms with Gasteiger partial charge >= 0.3 is 5.97 Å². The molecule has 0 radical (unpaired) electrons. The smallest absolute Gasteiger partial charge is 0.339 e. The van der Waals surface area contributed by atoms with Crippen molar-refractivity contribution < 1.29 is 13.7 Å². The third-order valence-electron chi connectivity index (χ3n) is 3.35. The maximum atomic E-state index is 12.3. The summed E-state index contributed by atoms with van der Waals surface area (Å²) in [5.41, 5.74) is 1.15. The van der Waals surface area contributed by atoms with Gasteiger partial charge in [0.2, 0.25) is 0 Å². The van der Waals surface area contributed by atoms with Crippen LogP contribution >= 0.6 is 39.3 Å². The van der Waals surface area contributed by atoms with Crippen molar-refractivity contribution in [3.8, 4) is 0 Å². The predicted molar refractivity (Wildman–Crippen MR) is 117 cm³/mol. The van der Waals surface area contributed by atoms with Crippen molar-refractivity contribution in [3.63, 3.8) is 0 Å². The average molecular weight is 489 g/mol. The molecule has 4 nitrogen and oxygen atoms in total. The molecule has 0 N–H and O–H groups in total. The summed E-state index contributed by atoms with van der Waals surface area (Å²) >= 11 is 11.2. The lowest BCUT2D eigenvalue weighted by molar-refractivity contribution is 0.0597. The number of esters is 1. The standard InChI is InChI=1S/C19H19BrClNO3S2/c1-19(2,3)27(24)22-11-12-9-13(20)10-15(21)17(12)26-16-8-6-5-7-14(16)18(23)25-4/h5-11H,1-4H3. The largest absolute Gasteiger partial charge is 0.465 e. The molecule has 27 heavy (non-hydrogen) atoms. The molecule has 144 valence electrons. The Bertz CT molecular complexity index is 910. The summed E-state index contributed by atoms with van der Waals surface area (Å²) in [7, 11) is -0.0477. The zero-order valence-electron chi connectivity index (χ0n) is 15.3. The van der Waals surface area contributed by atoms with Crippen molar-refractivity contribution in [2.24, 2.45) is 4.40 Å². The summed E-state index contributed by atoms with van der Waals surface area (Å²) in [6.45, 7) is 5.57. The van der Waals surface area contributed by atoms with E-state index in [9.17, 15) is 9.00 Å². The molecule has 0 heterocycles. The van der Waals surface area contributed by atoms with Crippen LogP contribution in [0.1, 0.15) is 36.7 Å². The number of methoxy groups -OCH3 is 1. The first-order valence-corrected chi connectivity index (χ1v) is 11.0. The molecule has 0 aliphatic carbocycles. The average Bonchev–Trinajstić information content (AvgIpc) is 2.61. The molecule has 0 fully saturated rings. The van der Waals surface area contributed by atoms with Crippen LogP contribution in [0, 0.1) is 0 Å². The highest BCUT2D eigenvalue weighted by Gasteiger charge is 2.19. The molecular formula is C19H19BrClNO3S2. The minimum atomic E-state index is -1.39. The number of hydrogen-bond donors (Lipinski definition) is 0. The van der Waals surface area contributed by atoms with Crippen LogP contribution in [0.15, 0.2) is 55.1 Å². The molecule has 0 aliphatic rings. The van der Waals surface area contributed by atoms with E-state index in [-0.39, 0.29) is 0 Å². The lowest BCUT2D eigenvalue weighted by Gasteiger charge is -2.14. The van der Waals surface area contributed by atoms with Crippen LogP contribution in [0.2, 0.25) is 5.02 Å². The molecule has 0 bridgehead atoms. The van der Waals surface area contributed by atoms with E-state index in [1.54, 1.807) is 24.4 Å². The Morgan fingerprint density at radius 1 is 1.30 bits per heavy atom. The zero-order valence-corrected chi connectivity index (χ0v) is 19.3. The van der Waals surface area contributed by atoms with Crippen LogP contribution in [-0.4, -0.2) is 28.2 Å². The first-order valence-electron chi connectivity index (χ1n) is 7.93. The van der Waals surface area contributed by atoms with Gasteiger partial charge in [0.1, 0.15) is 11.0 Å². The van der Waals surface area contributed by atoms with E-state index >= 15 is 0 Å². The van der Waals surface area contributed by atoms with Crippen molar-refractivity contribution in [1.29, 1.82) is 0 Å². The number of carbonyl (C=O) groups is 1. The maximum absolute atomic E-state index is 12.3. The third kappa shape index (κ3) is 5.91. The van der Waals surface area contributed by atoms with Gasteiger partial charge in [-0.3, -0.25) is 0 Å². The molecule has 0 saturated heterocycles. The topological polar surface area (TPSA) is 55.7 Å². The lowest BCUT2D eigenvalue weighted by Crippen LogP contribution is -2.19. The predicted octanol–water partition coefficient (Wildman–Crippen LogP) is 5.92. The fourth-order valence-electron chi connectivity index (χ4n) is 1.99. The molecule has 2 rings (SSSR count). The number of rotatable bonds is 5. The zero-order chi connectivity index (χ0) is 20.2. The first kappa shape index (κ1) is 22.1. The summed E-state index contributed by atoms with van der Waals surface area (Å²) in [6.07, 6.45) is 1.56. The highest BCUT2D eigenvalue weighted by molar-refractivity contribution is 9.10. The van der Waals surface area contributed by atoms with Gasteiger partial charge in [-0.05, 0) is 45.0 Å². The molecule has 8 heteroatoms. The highest BCUT2D eigenvalue weighted by Crippen LogP contribution is 2.39. The van der Waals surface area contributed by atoms with Crippen LogP contribution in [0.5, 0.6) is 0 Å². The minimum absolute atomic E-state index is 0.421. The minimum Gasteiger partial charge on any atom is -0.465 e. The lowest BCUT2D eigenvalue weighted by atomic mass is 10.2. The molecule has 2 aromatic carbocycles. The monoisotopic (exact) mass is 487 g/mol. The fraction of sp³-hybridized carbons (Fsp3) is 0.263. The van der Waals surface area contributed by atoms with Crippen LogP contribution in [0.25, 0.3) is 0 Å². The van der Waals surface area contributed by atoms with Crippen LogP contribution in [0.4, 0.5) is 0 Å². The van der Waals surface area contributed by atoms with Gasteiger partial charge in [0.15, 0.2) is 0 Å². The Labute approximate surface area is 179 Å². The molecule has 0 aliphatic heterocycles. The molecule has 0 spiro atoms. The van der Waals surface area contributed by atoms with Crippen molar-refractivity contribution >= 4 is 62.5 Å². The second-order valence-electron chi connectivity index (χ2n) is 6.49. The fourth-order valence-corrected chi connectivity index (χ4v) is 4.48. The Kier molecular flexibility index (Phi) is 7.68. The molecule has 0 amide bonds. The Morgan fingerprint density at radius 2 is 1.96 bits per heavy atom. The van der Waals surface area contributed by atoms with Crippen LogP contribution < -0.4 is 0 Å². The Hall–Kier alpha value is -1.15. The Morgan fingerprint density at radius 3 is 2.59 bits per heavy atom. The highest BCUT2D eigenvalue weighted by atomic mass is 79.9. The normalized spacial score (nSPS) is 13.0. The van der Waals surface area contributed by atoms with Gasteiger partial charge in [-0.15, -0.1) is 0 Å². The van der Waals surface area contributed by atoms with Gasteiger partial charge in [0, 0.05) is 26.0 Å². The van der Waals surface area contributed by atoms with Gasteiger partial charge in [-0.1, -0.05) is 51.4 Å². The summed E-state index contributed by atoms with van der Waals surface area (Å²) in [5, 5.41) is 0.497. The molecule has 2 aromatic rings. The quantitative estimate of drug-likeness (QED) is 0.387. The molecule has 0 saturated carbocycles. The van der Waals surface area contributed by atoms with E-state index < -0.39 is 21.7 Å². The molecule has 1 atom stereocenters. The van der Waals surface area contributed by atoms with E-state index in [2.05, 4.69) is 20.3 Å². The van der Waals surface area contributed by atoms with Crippen LogP contribution in [-0.2, 0) is 15.7 Å². The number of carbonyl (C=O) groups excluding carboxylic acids is 1. The van der Waals surface area contributed by atoms with E-state index in [1.165, 1.54) is 18.9 Å². The number of halogens is 2. The summed E-state index contributed by atoms with van der Waals surface area (Å²) in [5.74, 6) is -0.421. The Balaban J connectivity index is 2.48. The van der Waals surface area contributed by atoms with Crippen molar-refractivity contribution in [3.05, 3.63) is 57.0 Å².